The minimum atomic E-state index is 0. The summed E-state index contributed by atoms with van der Waals surface area (Å²) in [6, 6.07) is 0. The van der Waals surface area contributed by atoms with E-state index in [4.69, 9.17) is 0 Å². The summed E-state index contributed by atoms with van der Waals surface area (Å²) in [4.78, 5) is 0. The van der Waals surface area contributed by atoms with Crippen LogP contribution >= 0.6 is 0 Å². The first kappa shape index (κ1) is 32.1. The van der Waals surface area contributed by atoms with Gasteiger partial charge in [0, 0.05) is 53.6 Å². The number of hydrogen-bond acceptors (Lipinski definition) is 0. The summed E-state index contributed by atoms with van der Waals surface area (Å²) >= 11 is 0. The van der Waals surface area contributed by atoms with Crippen LogP contribution in [-0.4, -0.2) is 23.1 Å². The van der Waals surface area contributed by atoms with Gasteiger partial charge in [0.2, 0.25) is 0 Å². The van der Waals surface area contributed by atoms with E-state index in [2.05, 4.69) is 0 Å². The first-order chi connectivity index (χ1) is 0. The van der Waals surface area contributed by atoms with Gasteiger partial charge < -0.3 is 2.85 Å². The maximum Gasteiger partial charge on any atom is 2.00 e. The molecular formula is H2CuFeMgZn. The van der Waals surface area contributed by atoms with Crippen molar-refractivity contribution >= 4 is 23.1 Å². The van der Waals surface area contributed by atoms with Gasteiger partial charge in [-0.2, -0.15) is 0 Å². The Labute approximate surface area is 78.7 Å². The molecule has 0 atom stereocenters. The van der Waals surface area contributed by atoms with Gasteiger partial charge in [0.25, 0.3) is 0 Å². The molecule has 4 heavy (non-hydrogen) atoms. The summed E-state index contributed by atoms with van der Waals surface area (Å²) in [6.45, 7) is 0. The van der Waals surface area contributed by atoms with Crippen LogP contribution < -0.4 is 0 Å². The normalized spacial score (nSPS) is 0. The summed E-state index contributed by atoms with van der Waals surface area (Å²) in [6.07, 6.45) is 0. The van der Waals surface area contributed by atoms with Crippen molar-refractivity contribution in [3.8, 4) is 0 Å². The quantitative estimate of drug-likeness (QED) is 0.488. The molecule has 0 aliphatic rings. The van der Waals surface area contributed by atoms with E-state index in [-0.39, 0.29) is 79.5 Å². The van der Waals surface area contributed by atoms with Gasteiger partial charge in [-0.1, -0.05) is 0 Å². The fourth-order valence-electron chi connectivity index (χ4n) is 0. The van der Waals surface area contributed by atoms with Crippen LogP contribution in [0.25, 0.3) is 0 Å². The van der Waals surface area contributed by atoms with Crippen molar-refractivity contribution in [3.63, 3.8) is 0 Å². The summed E-state index contributed by atoms with van der Waals surface area (Å²) in [7, 11) is 0. The minimum Gasteiger partial charge on any atom is -1.00 e. The van der Waals surface area contributed by atoms with Gasteiger partial charge in [-0.3, -0.25) is 0 Å². The first-order valence-electron chi connectivity index (χ1n) is 0. The topological polar surface area (TPSA) is 0 Å². The molecule has 1 radical (unpaired) electrons. The Kier molecular flexibility index (Phi) is 145. The zero-order chi connectivity index (χ0) is 0. The van der Waals surface area contributed by atoms with Crippen LogP contribution in [0.15, 0.2) is 0 Å². The van der Waals surface area contributed by atoms with Crippen LogP contribution in [0.5, 0.6) is 0 Å². The second kappa shape index (κ2) is 18.1. The predicted octanol–water partition coefficient (Wildman–Crippen LogP) is -0.163. The molecule has 0 unspecified atom stereocenters. The Bertz CT molecular complexity index is 13.5. The molecule has 0 N–H and O–H groups in total. The van der Waals surface area contributed by atoms with E-state index in [0.29, 0.717) is 0 Å². The number of rotatable bonds is 0. The van der Waals surface area contributed by atoms with E-state index in [1.54, 1.807) is 0 Å². The maximum absolute atomic E-state index is 0. The van der Waals surface area contributed by atoms with Crippen molar-refractivity contribution in [3.05, 3.63) is 0 Å². The molecule has 0 heterocycles. The maximum atomic E-state index is 0. The smallest absolute Gasteiger partial charge is 1.00 e. The molecule has 0 aromatic carbocycles. The van der Waals surface area contributed by atoms with Gasteiger partial charge in [-0.05, 0) is 0 Å². The van der Waals surface area contributed by atoms with Crippen LogP contribution in [-0.2, 0) is 53.6 Å². The second-order valence-corrected chi connectivity index (χ2v) is 0. The van der Waals surface area contributed by atoms with Crippen LogP contribution in [0.4, 0.5) is 0 Å². The Morgan fingerprint density at radius 3 is 1.25 bits per heavy atom. The molecule has 0 bridgehead atoms. The third-order valence-corrected chi connectivity index (χ3v) is 0. The summed E-state index contributed by atoms with van der Waals surface area (Å²) in [5, 5.41) is 0. The number of hydrogen-bond donors (Lipinski definition) is 0. The fraction of sp³-hybridized carbons (Fsp3) is 0. The van der Waals surface area contributed by atoms with Crippen LogP contribution in [0, 0.1) is 0 Å². The van der Waals surface area contributed by atoms with E-state index in [1.807, 2.05) is 0 Å². The van der Waals surface area contributed by atoms with Crippen molar-refractivity contribution in [1.82, 2.24) is 0 Å². The molecule has 0 saturated carbocycles. The first-order valence-corrected chi connectivity index (χ1v) is 0. The summed E-state index contributed by atoms with van der Waals surface area (Å²) in [5.74, 6) is 0. The van der Waals surface area contributed by atoms with Gasteiger partial charge in [0.05, 0.1) is 0 Å². The second-order valence-electron chi connectivity index (χ2n) is 0. The van der Waals surface area contributed by atoms with Crippen molar-refractivity contribution in [2.45, 2.75) is 0 Å². The molecule has 0 saturated heterocycles. The Balaban J connectivity index is 0. The van der Waals surface area contributed by atoms with Crippen molar-refractivity contribution in [2.24, 2.45) is 0 Å². The fourth-order valence-corrected chi connectivity index (χ4v) is 0. The standard InChI is InChI=1S/Cu.Fe.Mg.Zn.2H/q;;+2;;2*-1. The van der Waals surface area contributed by atoms with E-state index in [0.717, 1.165) is 0 Å². The van der Waals surface area contributed by atoms with Crippen molar-refractivity contribution in [2.75, 3.05) is 0 Å². The van der Waals surface area contributed by atoms with Crippen molar-refractivity contribution < 1.29 is 56.5 Å². The molecule has 25 valence electrons. The third-order valence-electron chi connectivity index (χ3n) is 0. The third kappa shape index (κ3) is 8.83. The SMILES string of the molecule is [Cu].[Fe].[H-].[H-].[Mg+2].[Zn]. The molecule has 0 amide bonds. The van der Waals surface area contributed by atoms with Gasteiger partial charge in [0.1, 0.15) is 0 Å². The molecule has 0 spiro atoms. The van der Waals surface area contributed by atoms with E-state index in [9.17, 15) is 0 Å². The van der Waals surface area contributed by atoms with E-state index < -0.39 is 0 Å². The van der Waals surface area contributed by atoms with Crippen LogP contribution in [0.2, 0.25) is 0 Å². The average Bonchev–Trinajstić information content (AvgIpc) is 0. The zero-order valence-electron chi connectivity index (χ0n) is 4.07. The summed E-state index contributed by atoms with van der Waals surface area (Å²) < 4.78 is 0. The van der Waals surface area contributed by atoms with Crippen LogP contribution in [0.3, 0.4) is 0 Å². The minimum absolute atomic E-state index is 0. The van der Waals surface area contributed by atoms with Gasteiger partial charge in [-0.25, -0.2) is 0 Å². The Morgan fingerprint density at radius 1 is 1.25 bits per heavy atom. The zero-order valence-corrected chi connectivity index (χ0v) is 8.50. The van der Waals surface area contributed by atoms with E-state index in [1.165, 1.54) is 0 Å². The molecule has 0 aliphatic carbocycles. The molecule has 0 fully saturated rings. The molecule has 0 aromatic rings. The monoisotopic (exact) mass is 209 g/mol. The predicted molar refractivity (Wildman–Crippen MR) is 7.98 cm³/mol. The molecule has 0 aliphatic heterocycles. The van der Waals surface area contributed by atoms with E-state index >= 15 is 0 Å². The molecule has 4 heteroatoms. The molecule has 0 rings (SSSR count). The average molecular weight is 211 g/mol. The summed E-state index contributed by atoms with van der Waals surface area (Å²) in [5.41, 5.74) is 0. The Morgan fingerprint density at radius 2 is 1.25 bits per heavy atom. The molecular weight excluding hydrogens is 209 g/mol. The van der Waals surface area contributed by atoms with Gasteiger partial charge in [0.15, 0.2) is 0 Å². The molecule has 0 aromatic heterocycles. The van der Waals surface area contributed by atoms with Crippen LogP contribution in [0.1, 0.15) is 2.85 Å². The molecule has 0 nitrogen and oxygen atoms in total. The van der Waals surface area contributed by atoms with Crippen molar-refractivity contribution in [1.29, 1.82) is 0 Å². The Hall–Kier alpha value is 2.43. The van der Waals surface area contributed by atoms with Gasteiger partial charge in [-0.15, -0.1) is 0 Å². The largest absolute Gasteiger partial charge is 2.00 e. The van der Waals surface area contributed by atoms with Gasteiger partial charge >= 0.3 is 23.1 Å².